The van der Waals surface area contributed by atoms with Crippen LogP contribution in [0.25, 0.3) is 0 Å². The van der Waals surface area contributed by atoms with Crippen LogP contribution in [0.4, 0.5) is 5.69 Å². The van der Waals surface area contributed by atoms with Gasteiger partial charge in [0.2, 0.25) is 11.8 Å². The van der Waals surface area contributed by atoms with Crippen LogP contribution in [0.5, 0.6) is 5.75 Å². The number of anilines is 1. The molecule has 0 radical (unpaired) electrons. The summed E-state index contributed by atoms with van der Waals surface area (Å²) in [4.78, 5) is 23.3. The molecule has 0 bridgehead atoms. The number of sulfone groups is 1. The highest BCUT2D eigenvalue weighted by atomic mass is 32.2. The van der Waals surface area contributed by atoms with E-state index in [-0.39, 0.29) is 36.3 Å². The molecule has 0 aromatic heterocycles. The molecule has 0 atom stereocenters. The Morgan fingerprint density at radius 2 is 1.77 bits per heavy atom. The maximum atomic E-state index is 12.1. The molecule has 164 valence electrons. The van der Waals surface area contributed by atoms with Gasteiger partial charge in [0.25, 0.3) is 0 Å². The van der Waals surface area contributed by atoms with Crippen molar-refractivity contribution in [1.29, 1.82) is 0 Å². The Morgan fingerprint density at radius 1 is 1.06 bits per heavy atom. The van der Waals surface area contributed by atoms with Crippen LogP contribution in [0.1, 0.15) is 26.3 Å². The molecule has 0 heterocycles. The molecule has 0 saturated carbocycles. The Morgan fingerprint density at radius 3 is 2.42 bits per heavy atom. The number of hydrogen-bond acceptors (Lipinski definition) is 5. The van der Waals surface area contributed by atoms with Gasteiger partial charge in [-0.2, -0.15) is 0 Å². The minimum Gasteiger partial charge on any atom is -0.481 e. The van der Waals surface area contributed by atoms with E-state index in [9.17, 15) is 18.0 Å². The van der Waals surface area contributed by atoms with Gasteiger partial charge in [-0.05, 0) is 43.7 Å². The van der Waals surface area contributed by atoms with E-state index in [1.54, 1.807) is 50.2 Å². The molecule has 0 aliphatic rings. The van der Waals surface area contributed by atoms with E-state index < -0.39 is 15.1 Å². The fraction of sp³-hybridized carbons (Fsp3) is 0.304. The first-order valence-corrected chi connectivity index (χ1v) is 11.3. The monoisotopic (exact) mass is 442 g/mol. The van der Waals surface area contributed by atoms with Gasteiger partial charge in [0.1, 0.15) is 12.4 Å². The van der Waals surface area contributed by atoms with Crippen LogP contribution in [0, 0.1) is 11.8 Å². The largest absolute Gasteiger partial charge is 0.481 e. The van der Waals surface area contributed by atoms with Crippen LogP contribution in [-0.2, 0) is 25.8 Å². The third-order valence-electron chi connectivity index (χ3n) is 4.20. The van der Waals surface area contributed by atoms with Gasteiger partial charge in [0.15, 0.2) is 9.84 Å². The Bertz CT molecular complexity index is 1080. The van der Waals surface area contributed by atoms with Crippen LogP contribution < -0.4 is 15.4 Å². The summed E-state index contributed by atoms with van der Waals surface area (Å²) in [5.74, 6) is 5.81. The Balaban J connectivity index is 1.76. The van der Waals surface area contributed by atoms with E-state index in [1.165, 1.54) is 19.1 Å². The second-order valence-corrected chi connectivity index (χ2v) is 9.55. The summed E-state index contributed by atoms with van der Waals surface area (Å²) >= 11 is 0. The maximum Gasteiger partial charge on any atom is 0.225 e. The van der Waals surface area contributed by atoms with Crippen LogP contribution >= 0.6 is 0 Å². The van der Waals surface area contributed by atoms with Crippen LogP contribution in [-0.4, -0.2) is 38.6 Å². The lowest BCUT2D eigenvalue weighted by Gasteiger charge is -2.08. The summed E-state index contributed by atoms with van der Waals surface area (Å²) in [6.45, 7) is 5.01. The van der Waals surface area contributed by atoms with E-state index in [0.717, 1.165) is 5.56 Å². The lowest BCUT2D eigenvalue weighted by atomic mass is 10.1. The second-order valence-electron chi connectivity index (χ2n) is 7.04. The molecule has 0 spiro atoms. The summed E-state index contributed by atoms with van der Waals surface area (Å²) < 4.78 is 29.7. The molecule has 0 fully saturated rings. The SMILES string of the molecule is CC(=O)Nc1cccc(OCC#CCNC(=O)Cc2ccc(S(=O)(=O)C(C)C)cc2)c1. The van der Waals surface area contributed by atoms with Crippen LogP contribution in [0.2, 0.25) is 0 Å². The zero-order valence-electron chi connectivity index (χ0n) is 17.8. The van der Waals surface area contributed by atoms with Gasteiger partial charge in [0.05, 0.1) is 23.1 Å². The van der Waals surface area contributed by atoms with Gasteiger partial charge in [-0.1, -0.05) is 30.0 Å². The fourth-order valence-corrected chi connectivity index (χ4v) is 3.62. The third-order valence-corrected chi connectivity index (χ3v) is 6.37. The molecular formula is C23H26N2O5S. The standard InChI is InChI=1S/C23H26N2O5S/c1-17(2)31(28,29)22-11-9-19(10-12-22)15-23(27)24-13-4-5-14-30-21-8-6-7-20(16-21)25-18(3)26/h6-12,16-17H,13-15H2,1-3H3,(H,24,27)(H,25,26). The van der Waals surface area contributed by atoms with E-state index in [0.29, 0.717) is 11.4 Å². The quantitative estimate of drug-likeness (QED) is 0.612. The minimum atomic E-state index is -3.32. The van der Waals surface area contributed by atoms with Crippen molar-refractivity contribution < 1.29 is 22.7 Å². The summed E-state index contributed by atoms with van der Waals surface area (Å²) in [5.41, 5.74) is 1.36. The van der Waals surface area contributed by atoms with E-state index in [1.807, 2.05) is 0 Å². The number of nitrogens with one attached hydrogen (secondary N) is 2. The predicted molar refractivity (Wildman–Crippen MR) is 119 cm³/mol. The molecule has 0 aliphatic heterocycles. The Labute approximate surface area is 183 Å². The van der Waals surface area contributed by atoms with Gasteiger partial charge in [-0.25, -0.2) is 8.42 Å². The molecular weight excluding hydrogens is 416 g/mol. The van der Waals surface area contributed by atoms with Gasteiger partial charge in [0, 0.05) is 18.7 Å². The zero-order chi connectivity index (χ0) is 22.9. The highest BCUT2D eigenvalue weighted by molar-refractivity contribution is 7.92. The average Bonchev–Trinajstić information content (AvgIpc) is 2.70. The Hall–Kier alpha value is -3.31. The molecule has 7 nitrogen and oxygen atoms in total. The number of carbonyl (C=O) groups excluding carboxylic acids is 2. The van der Waals surface area contributed by atoms with Crippen molar-refractivity contribution in [2.75, 3.05) is 18.5 Å². The highest BCUT2D eigenvalue weighted by Gasteiger charge is 2.18. The first kappa shape index (κ1) is 24.0. The van der Waals surface area contributed by atoms with Gasteiger partial charge in [-0.3, -0.25) is 9.59 Å². The van der Waals surface area contributed by atoms with Crippen LogP contribution in [0.3, 0.4) is 0 Å². The molecule has 2 aromatic carbocycles. The summed E-state index contributed by atoms with van der Waals surface area (Å²) in [7, 11) is -3.32. The number of benzene rings is 2. The van der Waals surface area contributed by atoms with Gasteiger partial charge < -0.3 is 15.4 Å². The van der Waals surface area contributed by atoms with E-state index in [4.69, 9.17) is 4.74 Å². The third kappa shape index (κ3) is 7.79. The second kappa shape index (κ2) is 11.2. The number of ether oxygens (including phenoxy) is 1. The maximum absolute atomic E-state index is 12.1. The fourth-order valence-electron chi connectivity index (χ4n) is 2.56. The van der Waals surface area contributed by atoms with Gasteiger partial charge in [-0.15, -0.1) is 0 Å². The van der Waals surface area contributed by atoms with Crippen molar-refractivity contribution in [3.8, 4) is 17.6 Å². The average molecular weight is 443 g/mol. The smallest absolute Gasteiger partial charge is 0.225 e. The first-order valence-electron chi connectivity index (χ1n) is 9.74. The van der Waals surface area contributed by atoms with Crippen molar-refractivity contribution in [2.45, 2.75) is 37.3 Å². The molecule has 31 heavy (non-hydrogen) atoms. The van der Waals surface area contributed by atoms with Crippen molar-refractivity contribution in [2.24, 2.45) is 0 Å². The zero-order valence-corrected chi connectivity index (χ0v) is 18.6. The topological polar surface area (TPSA) is 102 Å². The minimum absolute atomic E-state index is 0.135. The lowest BCUT2D eigenvalue weighted by Crippen LogP contribution is -2.25. The predicted octanol–water partition coefficient (Wildman–Crippen LogP) is 2.57. The molecule has 0 unspecified atom stereocenters. The number of carbonyl (C=O) groups is 2. The van der Waals surface area contributed by atoms with Crippen molar-refractivity contribution >= 4 is 27.3 Å². The number of amides is 2. The van der Waals surface area contributed by atoms with Crippen molar-refractivity contribution in [3.63, 3.8) is 0 Å². The van der Waals surface area contributed by atoms with Crippen LogP contribution in [0.15, 0.2) is 53.4 Å². The number of hydrogen-bond donors (Lipinski definition) is 2. The normalized spacial score (nSPS) is 10.7. The Kier molecular flexibility index (Phi) is 8.64. The molecule has 2 N–H and O–H groups in total. The molecule has 2 aromatic rings. The summed E-state index contributed by atoms with van der Waals surface area (Å²) in [5, 5.41) is 4.87. The molecule has 0 saturated heterocycles. The van der Waals surface area contributed by atoms with Gasteiger partial charge >= 0.3 is 0 Å². The lowest BCUT2D eigenvalue weighted by molar-refractivity contribution is -0.120. The summed E-state index contributed by atoms with van der Waals surface area (Å²) in [6.07, 6.45) is 0.135. The molecule has 2 rings (SSSR count). The molecule has 8 heteroatoms. The molecule has 0 aliphatic carbocycles. The first-order chi connectivity index (χ1) is 14.7. The number of rotatable bonds is 8. The molecule has 2 amide bonds. The van der Waals surface area contributed by atoms with E-state index in [2.05, 4.69) is 22.5 Å². The summed E-state index contributed by atoms with van der Waals surface area (Å²) in [6, 6.07) is 13.3. The highest BCUT2D eigenvalue weighted by Crippen LogP contribution is 2.17. The van der Waals surface area contributed by atoms with Crippen molar-refractivity contribution in [3.05, 3.63) is 54.1 Å². The van der Waals surface area contributed by atoms with Crippen molar-refractivity contribution in [1.82, 2.24) is 5.32 Å². The van der Waals surface area contributed by atoms with E-state index >= 15 is 0 Å².